The maximum absolute atomic E-state index is 5.92. The molecule has 9 heteroatoms. The molecule has 2 aliphatic rings. The summed E-state index contributed by atoms with van der Waals surface area (Å²) in [6.45, 7) is 8.12. The average Bonchev–Trinajstić information content (AvgIpc) is 2.77. The van der Waals surface area contributed by atoms with Gasteiger partial charge in [0.2, 0.25) is 0 Å². The molecule has 0 unspecified atom stereocenters. The zero-order valence-electron chi connectivity index (χ0n) is 19.0. The maximum atomic E-state index is 5.92. The lowest BCUT2D eigenvalue weighted by Crippen LogP contribution is -2.59. The molecule has 7 nitrogen and oxygen atoms in total. The van der Waals surface area contributed by atoms with Crippen molar-refractivity contribution in [3.05, 3.63) is 29.3 Å². The maximum Gasteiger partial charge on any atom is 0.193 e. The SMILES string of the molecule is CN=C(NCC1(N(C)C)CCOCC1)N1CCN(CCOc2ccc(Cl)cc2)CC1.I. The summed E-state index contributed by atoms with van der Waals surface area (Å²) >= 11 is 5.92. The van der Waals surface area contributed by atoms with Gasteiger partial charge in [-0.3, -0.25) is 9.89 Å². The van der Waals surface area contributed by atoms with E-state index in [9.17, 15) is 0 Å². The number of nitrogens with zero attached hydrogens (tertiary/aromatic N) is 4. The van der Waals surface area contributed by atoms with Crippen molar-refractivity contribution in [1.29, 1.82) is 0 Å². The van der Waals surface area contributed by atoms with Gasteiger partial charge in [0.15, 0.2) is 5.96 Å². The van der Waals surface area contributed by atoms with Crippen molar-refractivity contribution in [2.75, 3.05) is 80.2 Å². The highest BCUT2D eigenvalue weighted by Gasteiger charge is 2.35. The van der Waals surface area contributed by atoms with Gasteiger partial charge >= 0.3 is 0 Å². The number of rotatable bonds is 7. The lowest BCUT2D eigenvalue weighted by atomic mass is 9.88. The Hall–Kier alpha value is -0.810. The van der Waals surface area contributed by atoms with E-state index in [4.69, 9.17) is 21.1 Å². The number of halogens is 2. The molecular formula is C22H37ClIN5O2. The Morgan fingerprint density at radius 1 is 1.16 bits per heavy atom. The van der Waals surface area contributed by atoms with E-state index in [1.165, 1.54) is 0 Å². The summed E-state index contributed by atoms with van der Waals surface area (Å²) in [6, 6.07) is 7.54. The molecule has 1 aromatic carbocycles. The van der Waals surface area contributed by atoms with Gasteiger partial charge in [0.25, 0.3) is 0 Å². The number of aliphatic imine (C=N–C) groups is 1. The summed E-state index contributed by atoms with van der Waals surface area (Å²) in [4.78, 5) is 11.7. The zero-order valence-corrected chi connectivity index (χ0v) is 22.1. The van der Waals surface area contributed by atoms with E-state index in [1.54, 1.807) is 0 Å². The molecule has 2 fully saturated rings. The Morgan fingerprint density at radius 3 is 2.39 bits per heavy atom. The first-order valence-electron chi connectivity index (χ1n) is 10.8. The number of ether oxygens (including phenoxy) is 2. The lowest BCUT2D eigenvalue weighted by molar-refractivity contribution is -0.00535. The minimum absolute atomic E-state index is 0. The van der Waals surface area contributed by atoms with Gasteiger partial charge < -0.3 is 24.6 Å². The highest BCUT2D eigenvalue weighted by Crippen LogP contribution is 2.25. The van der Waals surface area contributed by atoms with Crippen LogP contribution in [0.5, 0.6) is 5.75 Å². The number of likely N-dealkylation sites (N-methyl/N-ethyl adjacent to an activating group) is 1. The molecule has 0 atom stereocenters. The number of hydrogen-bond donors (Lipinski definition) is 1. The van der Waals surface area contributed by atoms with Gasteiger partial charge in [-0.15, -0.1) is 24.0 Å². The number of benzene rings is 1. The van der Waals surface area contributed by atoms with Crippen molar-refractivity contribution in [1.82, 2.24) is 20.0 Å². The predicted octanol–water partition coefficient (Wildman–Crippen LogP) is 2.64. The lowest BCUT2D eigenvalue weighted by Gasteiger charge is -2.44. The van der Waals surface area contributed by atoms with Gasteiger partial charge in [0.05, 0.1) is 0 Å². The van der Waals surface area contributed by atoms with Crippen molar-refractivity contribution in [3.8, 4) is 5.75 Å². The van der Waals surface area contributed by atoms with E-state index in [0.29, 0.717) is 6.61 Å². The van der Waals surface area contributed by atoms with Crippen molar-refractivity contribution >= 4 is 41.5 Å². The van der Waals surface area contributed by atoms with Crippen LogP contribution in [0.15, 0.2) is 29.3 Å². The Balaban J connectivity index is 0.00000341. The van der Waals surface area contributed by atoms with Crippen LogP contribution in [0.3, 0.4) is 0 Å². The second-order valence-corrected chi connectivity index (χ2v) is 8.70. The third kappa shape index (κ3) is 7.63. The fourth-order valence-corrected chi connectivity index (χ4v) is 4.24. The van der Waals surface area contributed by atoms with Gasteiger partial charge in [-0.05, 0) is 51.2 Å². The third-order valence-electron chi connectivity index (χ3n) is 6.32. The van der Waals surface area contributed by atoms with Crippen LogP contribution in [-0.4, -0.2) is 106 Å². The van der Waals surface area contributed by atoms with E-state index < -0.39 is 0 Å². The summed E-state index contributed by atoms with van der Waals surface area (Å²) < 4.78 is 11.4. The van der Waals surface area contributed by atoms with Gasteiger partial charge in [0.1, 0.15) is 12.4 Å². The van der Waals surface area contributed by atoms with Gasteiger partial charge in [-0.2, -0.15) is 0 Å². The molecule has 1 N–H and O–H groups in total. The smallest absolute Gasteiger partial charge is 0.193 e. The van der Waals surface area contributed by atoms with Gasteiger partial charge in [-0.25, -0.2) is 0 Å². The predicted molar refractivity (Wildman–Crippen MR) is 138 cm³/mol. The number of hydrogen-bond acceptors (Lipinski definition) is 5. The van der Waals surface area contributed by atoms with E-state index in [1.807, 2.05) is 31.3 Å². The summed E-state index contributed by atoms with van der Waals surface area (Å²) in [7, 11) is 6.21. The molecule has 31 heavy (non-hydrogen) atoms. The Morgan fingerprint density at radius 2 is 1.81 bits per heavy atom. The monoisotopic (exact) mass is 565 g/mol. The van der Waals surface area contributed by atoms with Crippen LogP contribution in [0, 0.1) is 0 Å². The molecule has 1 aromatic rings. The molecule has 2 heterocycles. The van der Waals surface area contributed by atoms with Crippen molar-refractivity contribution in [2.24, 2.45) is 4.99 Å². The summed E-state index contributed by atoms with van der Waals surface area (Å²) in [5.41, 5.74) is 0.134. The van der Waals surface area contributed by atoms with E-state index in [-0.39, 0.29) is 29.5 Å². The molecule has 2 aliphatic heterocycles. The molecule has 0 aliphatic carbocycles. The standard InChI is InChI=1S/C22H36ClN5O2.HI/c1-24-21(25-18-22(26(2)3)8-15-29-16-9-22)28-12-10-27(11-13-28)14-17-30-20-6-4-19(23)5-7-20;/h4-7H,8-18H2,1-3H3,(H,24,25);1H. The minimum atomic E-state index is 0. The first kappa shape index (κ1) is 26.4. The highest BCUT2D eigenvalue weighted by molar-refractivity contribution is 14.0. The molecule has 0 aromatic heterocycles. The largest absolute Gasteiger partial charge is 0.492 e. The average molecular weight is 566 g/mol. The summed E-state index contributed by atoms with van der Waals surface area (Å²) in [5, 5.41) is 4.37. The normalized spacial score (nSPS) is 19.8. The highest BCUT2D eigenvalue weighted by atomic mass is 127. The van der Waals surface area contributed by atoms with Crippen molar-refractivity contribution < 1.29 is 9.47 Å². The van der Waals surface area contributed by atoms with Crippen LogP contribution in [0.4, 0.5) is 0 Å². The Labute approximate surface area is 209 Å². The number of piperazine rings is 1. The van der Waals surface area contributed by atoms with Crippen LogP contribution < -0.4 is 10.1 Å². The van der Waals surface area contributed by atoms with Crippen LogP contribution in [0.25, 0.3) is 0 Å². The van der Waals surface area contributed by atoms with Gasteiger partial charge in [-0.1, -0.05) is 11.6 Å². The van der Waals surface area contributed by atoms with E-state index >= 15 is 0 Å². The number of nitrogens with one attached hydrogen (secondary N) is 1. The molecule has 0 spiro atoms. The molecule has 176 valence electrons. The Bertz CT molecular complexity index is 675. The quantitative estimate of drug-likeness (QED) is 0.312. The van der Waals surface area contributed by atoms with Crippen LogP contribution in [0.1, 0.15) is 12.8 Å². The molecule has 0 radical (unpaired) electrons. The fraction of sp³-hybridized carbons (Fsp3) is 0.682. The number of guanidine groups is 1. The zero-order chi connectivity index (χ0) is 21.4. The van der Waals surface area contributed by atoms with Crippen LogP contribution in [0.2, 0.25) is 5.02 Å². The van der Waals surface area contributed by atoms with Crippen molar-refractivity contribution in [3.63, 3.8) is 0 Å². The van der Waals surface area contributed by atoms with E-state index in [2.05, 4.69) is 39.1 Å². The van der Waals surface area contributed by atoms with Crippen LogP contribution in [-0.2, 0) is 4.74 Å². The van der Waals surface area contributed by atoms with Crippen LogP contribution >= 0.6 is 35.6 Å². The molecule has 2 saturated heterocycles. The molecule has 3 rings (SSSR count). The minimum Gasteiger partial charge on any atom is -0.492 e. The summed E-state index contributed by atoms with van der Waals surface area (Å²) in [6.07, 6.45) is 2.09. The van der Waals surface area contributed by atoms with E-state index in [0.717, 1.165) is 82.1 Å². The van der Waals surface area contributed by atoms with Gasteiger partial charge in [0, 0.05) is 70.1 Å². The second kappa shape index (κ2) is 13.0. The summed E-state index contributed by atoms with van der Waals surface area (Å²) in [5.74, 6) is 1.87. The fourth-order valence-electron chi connectivity index (χ4n) is 4.12. The molecule has 0 saturated carbocycles. The van der Waals surface area contributed by atoms with Crippen molar-refractivity contribution in [2.45, 2.75) is 18.4 Å². The molecular weight excluding hydrogens is 529 g/mol. The molecule has 0 amide bonds. The topological polar surface area (TPSA) is 52.6 Å². The first-order valence-corrected chi connectivity index (χ1v) is 11.2. The third-order valence-corrected chi connectivity index (χ3v) is 6.57. The first-order chi connectivity index (χ1) is 14.5. The molecule has 0 bridgehead atoms. The Kier molecular flexibility index (Phi) is 11.1. The second-order valence-electron chi connectivity index (χ2n) is 8.26.